The number of carboxylic acid groups (broad SMARTS) is 1. The van der Waals surface area contributed by atoms with E-state index in [9.17, 15) is 24.9 Å². The first kappa shape index (κ1) is 18.2. The normalized spacial score (nSPS) is 48.8. The van der Waals surface area contributed by atoms with Gasteiger partial charge in [0.15, 0.2) is 11.9 Å². The Hall–Kier alpha value is -1.20. The number of carboxylic acids is 1. The van der Waals surface area contributed by atoms with Crippen molar-refractivity contribution in [2.24, 2.45) is 34.5 Å². The number of rotatable bonds is 2. The standard InChI is InChI=1S/C21H30O5/c1-20-7-5-12(22)9-11(20)3-4-13-14(20)6-8-21(2)15(13)10-16(23)17(21)18(24)19(25)26/h9,13-18,23-24H,3-8,10H2,1-2H3,(H,25,26)/t13-,14+,15+,16-,17-,18+,20+,21+/m1/s1. The maximum absolute atomic E-state index is 11.9. The zero-order valence-electron chi connectivity index (χ0n) is 15.6. The Bertz CT molecular complexity index is 669. The molecular weight excluding hydrogens is 332 g/mol. The summed E-state index contributed by atoms with van der Waals surface area (Å²) in [5.74, 6) is -0.414. The van der Waals surface area contributed by atoms with Gasteiger partial charge in [0.05, 0.1) is 6.10 Å². The highest BCUT2D eigenvalue weighted by Crippen LogP contribution is 2.66. The Morgan fingerprint density at radius 3 is 2.62 bits per heavy atom. The molecule has 0 aromatic heterocycles. The summed E-state index contributed by atoms with van der Waals surface area (Å²) in [5, 5.41) is 30.2. The van der Waals surface area contributed by atoms with Crippen LogP contribution >= 0.6 is 0 Å². The number of carbonyl (C=O) groups is 2. The van der Waals surface area contributed by atoms with E-state index in [2.05, 4.69) is 13.8 Å². The first-order valence-corrected chi connectivity index (χ1v) is 10.0. The third-order valence-corrected chi connectivity index (χ3v) is 8.66. The number of carbonyl (C=O) groups excluding carboxylic acids is 1. The summed E-state index contributed by atoms with van der Waals surface area (Å²) in [6, 6.07) is 0. The molecule has 0 aromatic carbocycles. The van der Waals surface area contributed by atoms with E-state index in [0.717, 1.165) is 32.1 Å². The maximum Gasteiger partial charge on any atom is 0.332 e. The van der Waals surface area contributed by atoms with E-state index in [1.807, 2.05) is 6.08 Å². The topological polar surface area (TPSA) is 94.8 Å². The fourth-order valence-corrected chi connectivity index (χ4v) is 7.34. The summed E-state index contributed by atoms with van der Waals surface area (Å²) in [4.78, 5) is 23.3. The fraction of sp³-hybridized carbons (Fsp3) is 0.810. The molecule has 4 aliphatic carbocycles. The van der Waals surface area contributed by atoms with Crippen LogP contribution in [0, 0.1) is 34.5 Å². The van der Waals surface area contributed by atoms with Crippen molar-refractivity contribution in [2.75, 3.05) is 0 Å². The molecule has 0 aromatic rings. The van der Waals surface area contributed by atoms with Gasteiger partial charge < -0.3 is 15.3 Å². The van der Waals surface area contributed by atoms with E-state index in [1.54, 1.807) is 0 Å². The average Bonchev–Trinajstić information content (AvgIpc) is 2.85. The Morgan fingerprint density at radius 1 is 1.19 bits per heavy atom. The molecule has 0 unspecified atom stereocenters. The van der Waals surface area contributed by atoms with Crippen molar-refractivity contribution in [1.29, 1.82) is 0 Å². The Labute approximate surface area is 154 Å². The van der Waals surface area contributed by atoms with E-state index in [0.29, 0.717) is 24.7 Å². The molecular formula is C21H30O5. The second-order valence-corrected chi connectivity index (χ2v) is 9.63. The van der Waals surface area contributed by atoms with E-state index >= 15 is 0 Å². The highest BCUT2D eigenvalue weighted by Gasteiger charge is 2.63. The second-order valence-electron chi connectivity index (χ2n) is 9.63. The first-order chi connectivity index (χ1) is 12.2. The number of aliphatic carboxylic acids is 1. The van der Waals surface area contributed by atoms with Crippen molar-refractivity contribution in [2.45, 2.75) is 71.0 Å². The van der Waals surface area contributed by atoms with Crippen LogP contribution in [-0.2, 0) is 9.59 Å². The zero-order chi connectivity index (χ0) is 18.9. The Kier molecular flexibility index (Phi) is 4.12. The van der Waals surface area contributed by atoms with Crippen molar-refractivity contribution in [3.63, 3.8) is 0 Å². The van der Waals surface area contributed by atoms with Crippen LogP contribution in [0.2, 0.25) is 0 Å². The summed E-state index contributed by atoms with van der Waals surface area (Å²) in [5.41, 5.74) is 1.03. The van der Waals surface area contributed by atoms with Crippen molar-refractivity contribution >= 4 is 11.8 Å². The van der Waals surface area contributed by atoms with Gasteiger partial charge in [-0.3, -0.25) is 4.79 Å². The quantitative estimate of drug-likeness (QED) is 0.702. The predicted octanol–water partition coefficient (Wildman–Crippen LogP) is 2.55. The van der Waals surface area contributed by atoms with Crippen molar-refractivity contribution in [3.8, 4) is 0 Å². The fourth-order valence-electron chi connectivity index (χ4n) is 7.34. The lowest BCUT2D eigenvalue weighted by atomic mass is 9.46. The minimum Gasteiger partial charge on any atom is -0.479 e. The largest absolute Gasteiger partial charge is 0.479 e. The van der Waals surface area contributed by atoms with Gasteiger partial charge in [0.25, 0.3) is 0 Å². The zero-order valence-corrected chi connectivity index (χ0v) is 15.6. The molecule has 8 atom stereocenters. The molecule has 144 valence electrons. The van der Waals surface area contributed by atoms with Gasteiger partial charge in [-0.05, 0) is 73.2 Å². The van der Waals surface area contributed by atoms with Crippen LogP contribution < -0.4 is 0 Å². The highest BCUT2D eigenvalue weighted by atomic mass is 16.4. The third-order valence-electron chi connectivity index (χ3n) is 8.66. The molecule has 26 heavy (non-hydrogen) atoms. The number of hydrogen-bond acceptors (Lipinski definition) is 4. The van der Waals surface area contributed by atoms with Gasteiger partial charge in [0, 0.05) is 12.3 Å². The number of aliphatic hydroxyl groups excluding tert-OH is 2. The number of ketones is 1. The lowest BCUT2D eigenvalue weighted by Gasteiger charge is -2.58. The lowest BCUT2D eigenvalue weighted by Crippen LogP contribution is -2.52. The summed E-state index contributed by atoms with van der Waals surface area (Å²) >= 11 is 0. The summed E-state index contributed by atoms with van der Waals surface area (Å²) in [7, 11) is 0. The number of fused-ring (bicyclic) bond motifs is 5. The molecule has 0 bridgehead atoms. The molecule has 0 spiro atoms. The van der Waals surface area contributed by atoms with Crippen molar-refractivity contribution in [3.05, 3.63) is 11.6 Å². The van der Waals surface area contributed by atoms with Crippen LogP contribution in [0.3, 0.4) is 0 Å². The smallest absolute Gasteiger partial charge is 0.332 e. The molecule has 5 nitrogen and oxygen atoms in total. The van der Waals surface area contributed by atoms with E-state index in [1.165, 1.54) is 5.57 Å². The molecule has 3 N–H and O–H groups in total. The lowest BCUT2D eigenvalue weighted by molar-refractivity contribution is -0.158. The van der Waals surface area contributed by atoms with Crippen LogP contribution in [0.5, 0.6) is 0 Å². The Morgan fingerprint density at radius 2 is 1.92 bits per heavy atom. The van der Waals surface area contributed by atoms with Gasteiger partial charge in [-0.15, -0.1) is 0 Å². The van der Waals surface area contributed by atoms with E-state index in [-0.39, 0.29) is 22.5 Å². The molecule has 5 heteroatoms. The van der Waals surface area contributed by atoms with Crippen LogP contribution in [0.1, 0.15) is 58.8 Å². The van der Waals surface area contributed by atoms with E-state index in [4.69, 9.17) is 0 Å². The van der Waals surface area contributed by atoms with Crippen LogP contribution in [0.15, 0.2) is 11.6 Å². The van der Waals surface area contributed by atoms with Crippen LogP contribution in [0.4, 0.5) is 0 Å². The summed E-state index contributed by atoms with van der Waals surface area (Å²) < 4.78 is 0. The molecule has 0 saturated heterocycles. The molecule has 0 heterocycles. The van der Waals surface area contributed by atoms with Crippen LogP contribution in [-0.4, -0.2) is 39.3 Å². The first-order valence-electron chi connectivity index (χ1n) is 10.0. The monoisotopic (exact) mass is 362 g/mol. The molecule has 3 fully saturated rings. The van der Waals surface area contributed by atoms with Gasteiger partial charge in [-0.2, -0.15) is 0 Å². The van der Waals surface area contributed by atoms with Gasteiger partial charge >= 0.3 is 5.97 Å². The van der Waals surface area contributed by atoms with Gasteiger partial charge in [-0.25, -0.2) is 4.79 Å². The molecule has 0 radical (unpaired) electrons. The molecule has 4 aliphatic rings. The predicted molar refractivity (Wildman–Crippen MR) is 95.2 cm³/mol. The van der Waals surface area contributed by atoms with E-state index < -0.39 is 24.1 Å². The number of allylic oxidation sites excluding steroid dienone is 1. The van der Waals surface area contributed by atoms with Gasteiger partial charge in [0.2, 0.25) is 0 Å². The highest BCUT2D eigenvalue weighted by molar-refractivity contribution is 5.91. The minimum absolute atomic E-state index is 0.0621. The maximum atomic E-state index is 11.9. The van der Waals surface area contributed by atoms with Gasteiger partial charge in [-0.1, -0.05) is 19.4 Å². The second kappa shape index (κ2) is 5.90. The number of aliphatic hydroxyl groups is 2. The van der Waals surface area contributed by atoms with Crippen molar-refractivity contribution < 1.29 is 24.9 Å². The molecule has 3 saturated carbocycles. The summed E-state index contributed by atoms with van der Waals surface area (Å²) in [6.07, 6.45) is 5.48. The van der Waals surface area contributed by atoms with Crippen molar-refractivity contribution in [1.82, 2.24) is 0 Å². The number of hydrogen-bond donors (Lipinski definition) is 3. The molecule has 0 aliphatic heterocycles. The minimum atomic E-state index is -1.50. The Balaban J connectivity index is 1.67. The molecule has 4 rings (SSSR count). The van der Waals surface area contributed by atoms with Crippen LogP contribution in [0.25, 0.3) is 0 Å². The molecule has 0 amide bonds. The average molecular weight is 362 g/mol. The summed E-state index contributed by atoms with van der Waals surface area (Å²) in [6.45, 7) is 4.39. The third kappa shape index (κ3) is 2.36. The SMILES string of the molecule is C[C@]12CC[C@H]3[C@@H](CCC4=CC(=O)CC[C@@]43C)[C@@H]1C[C@@H](O)[C@@H]2[C@H](O)C(=O)O. The van der Waals surface area contributed by atoms with Gasteiger partial charge in [0.1, 0.15) is 0 Å².